The van der Waals surface area contributed by atoms with Gasteiger partial charge in [-0.05, 0) is 37.1 Å². The molecule has 3 rings (SSSR count). The predicted molar refractivity (Wildman–Crippen MR) is 76.2 cm³/mol. The Labute approximate surface area is 119 Å². The monoisotopic (exact) mass is 281 g/mol. The van der Waals surface area contributed by atoms with Crippen molar-refractivity contribution in [2.45, 2.75) is 32.7 Å². The Hall–Kier alpha value is -0.930. The first kappa shape index (κ1) is 13.1. The minimum absolute atomic E-state index is 0.00806. The highest BCUT2D eigenvalue weighted by Crippen LogP contribution is 2.42. The van der Waals surface area contributed by atoms with E-state index in [9.17, 15) is 0 Å². The highest BCUT2D eigenvalue weighted by atomic mass is 35.5. The molecule has 1 N–H and O–H groups in total. The van der Waals surface area contributed by atoms with Gasteiger partial charge in [-0.1, -0.05) is 25.4 Å². The average Bonchev–Trinajstić information content (AvgIpc) is 2.83. The van der Waals surface area contributed by atoms with Gasteiger partial charge in [0.15, 0.2) is 11.5 Å². The van der Waals surface area contributed by atoms with Crippen molar-refractivity contribution in [2.75, 3.05) is 19.8 Å². The molecule has 3 nitrogen and oxygen atoms in total. The van der Waals surface area contributed by atoms with E-state index in [1.165, 1.54) is 12.0 Å². The lowest BCUT2D eigenvalue weighted by Crippen LogP contribution is -2.26. The lowest BCUT2D eigenvalue weighted by molar-refractivity contribution is 0.140. The lowest BCUT2D eigenvalue weighted by atomic mass is 9.97. The van der Waals surface area contributed by atoms with Crippen LogP contribution in [-0.2, 0) is 0 Å². The number of benzene rings is 1. The predicted octanol–water partition coefficient (Wildman–Crippen LogP) is 3.56. The molecule has 2 aliphatic rings. The van der Waals surface area contributed by atoms with Gasteiger partial charge < -0.3 is 14.8 Å². The molecule has 0 aliphatic carbocycles. The number of rotatable bonds is 1. The summed E-state index contributed by atoms with van der Waals surface area (Å²) in [6.45, 7) is 6.61. The van der Waals surface area contributed by atoms with Gasteiger partial charge in [-0.2, -0.15) is 0 Å². The minimum Gasteiger partial charge on any atom is -0.489 e. The van der Waals surface area contributed by atoms with Crippen molar-refractivity contribution >= 4 is 11.6 Å². The molecule has 104 valence electrons. The first-order valence-corrected chi connectivity index (χ1v) is 7.25. The SMILES string of the molecule is CC1(C)COc2cc(C3CCCN3)cc(Cl)c2OC1. The standard InChI is InChI=1S/C15H20ClNO2/c1-15(2)8-18-13-7-10(12-4-3-5-17-12)6-11(16)14(13)19-9-15/h6-7,12,17H,3-5,8-9H2,1-2H3. The number of hydrogen-bond donors (Lipinski definition) is 1. The molecule has 0 spiro atoms. The van der Waals surface area contributed by atoms with Crippen LogP contribution < -0.4 is 14.8 Å². The van der Waals surface area contributed by atoms with Crippen molar-refractivity contribution in [2.24, 2.45) is 5.41 Å². The van der Waals surface area contributed by atoms with Crippen molar-refractivity contribution in [1.29, 1.82) is 0 Å². The quantitative estimate of drug-likeness (QED) is 0.854. The van der Waals surface area contributed by atoms with E-state index in [4.69, 9.17) is 21.1 Å². The normalized spacial score (nSPS) is 25.1. The van der Waals surface area contributed by atoms with Crippen LogP contribution in [0.15, 0.2) is 12.1 Å². The van der Waals surface area contributed by atoms with E-state index >= 15 is 0 Å². The number of fused-ring (bicyclic) bond motifs is 1. The maximum Gasteiger partial charge on any atom is 0.179 e. The van der Waals surface area contributed by atoms with E-state index in [-0.39, 0.29) is 5.41 Å². The molecule has 1 fully saturated rings. The van der Waals surface area contributed by atoms with E-state index in [0.717, 1.165) is 18.7 Å². The zero-order valence-electron chi connectivity index (χ0n) is 11.5. The first-order chi connectivity index (χ1) is 9.05. The minimum atomic E-state index is 0.00806. The Morgan fingerprint density at radius 3 is 2.79 bits per heavy atom. The lowest BCUT2D eigenvalue weighted by Gasteiger charge is -2.19. The van der Waals surface area contributed by atoms with Gasteiger partial charge in [-0.3, -0.25) is 0 Å². The molecule has 0 radical (unpaired) electrons. The largest absolute Gasteiger partial charge is 0.489 e. The Morgan fingerprint density at radius 2 is 2.05 bits per heavy atom. The van der Waals surface area contributed by atoms with Gasteiger partial charge in [0, 0.05) is 11.5 Å². The Balaban J connectivity index is 1.93. The van der Waals surface area contributed by atoms with Crippen molar-refractivity contribution in [1.82, 2.24) is 5.32 Å². The summed E-state index contributed by atoms with van der Waals surface area (Å²) in [6, 6.07) is 4.47. The van der Waals surface area contributed by atoms with Crippen molar-refractivity contribution in [3.05, 3.63) is 22.7 Å². The van der Waals surface area contributed by atoms with Crippen molar-refractivity contribution in [3.63, 3.8) is 0 Å². The smallest absolute Gasteiger partial charge is 0.179 e. The zero-order valence-corrected chi connectivity index (χ0v) is 12.2. The molecule has 0 amide bonds. The maximum absolute atomic E-state index is 6.36. The Bertz CT molecular complexity index is 481. The molecule has 1 saturated heterocycles. The molecule has 1 aromatic carbocycles. The highest BCUT2D eigenvalue weighted by molar-refractivity contribution is 6.32. The van der Waals surface area contributed by atoms with Crippen LogP contribution in [0.25, 0.3) is 0 Å². The van der Waals surface area contributed by atoms with Crippen molar-refractivity contribution in [3.8, 4) is 11.5 Å². The Morgan fingerprint density at radius 1 is 1.26 bits per heavy atom. The molecular weight excluding hydrogens is 262 g/mol. The van der Waals surface area contributed by atoms with Crippen LogP contribution >= 0.6 is 11.6 Å². The summed E-state index contributed by atoms with van der Waals surface area (Å²) >= 11 is 6.36. The van der Waals surface area contributed by atoms with Gasteiger partial charge in [-0.25, -0.2) is 0 Å². The van der Waals surface area contributed by atoms with Gasteiger partial charge in [0.2, 0.25) is 0 Å². The number of halogens is 1. The third-order valence-electron chi connectivity index (χ3n) is 3.72. The topological polar surface area (TPSA) is 30.5 Å². The maximum atomic E-state index is 6.36. The van der Waals surface area contributed by atoms with Crippen LogP contribution in [0.2, 0.25) is 5.02 Å². The molecule has 1 aromatic rings. The van der Waals surface area contributed by atoms with E-state index in [1.54, 1.807) is 0 Å². The van der Waals surface area contributed by atoms with Crippen LogP contribution in [0, 0.1) is 5.41 Å². The summed E-state index contributed by atoms with van der Waals surface area (Å²) in [5.41, 5.74) is 1.21. The summed E-state index contributed by atoms with van der Waals surface area (Å²) < 4.78 is 11.7. The molecule has 4 heteroatoms. The fourth-order valence-electron chi connectivity index (χ4n) is 2.59. The van der Waals surface area contributed by atoms with Gasteiger partial charge in [0.1, 0.15) is 0 Å². The van der Waals surface area contributed by atoms with Crippen LogP contribution in [0.5, 0.6) is 11.5 Å². The summed E-state index contributed by atoms with van der Waals surface area (Å²) in [4.78, 5) is 0. The van der Waals surface area contributed by atoms with Crippen LogP contribution in [-0.4, -0.2) is 19.8 Å². The van der Waals surface area contributed by atoms with E-state index in [0.29, 0.717) is 30.0 Å². The first-order valence-electron chi connectivity index (χ1n) is 6.88. The summed E-state index contributed by atoms with van der Waals surface area (Å²) in [5.74, 6) is 1.47. The van der Waals surface area contributed by atoms with Crippen molar-refractivity contribution < 1.29 is 9.47 Å². The second-order valence-corrected chi connectivity index (χ2v) is 6.63. The molecule has 0 aromatic heterocycles. The van der Waals surface area contributed by atoms with Gasteiger partial charge in [0.25, 0.3) is 0 Å². The highest BCUT2D eigenvalue weighted by Gasteiger charge is 2.28. The third-order valence-corrected chi connectivity index (χ3v) is 4.00. The fraction of sp³-hybridized carbons (Fsp3) is 0.600. The van der Waals surface area contributed by atoms with E-state index < -0.39 is 0 Å². The zero-order chi connectivity index (χ0) is 13.5. The van der Waals surface area contributed by atoms with Gasteiger partial charge >= 0.3 is 0 Å². The Kier molecular flexibility index (Phi) is 3.35. The molecule has 19 heavy (non-hydrogen) atoms. The van der Waals surface area contributed by atoms with Crippen LogP contribution in [0.1, 0.15) is 38.3 Å². The molecule has 2 aliphatic heterocycles. The fourth-order valence-corrected chi connectivity index (χ4v) is 2.86. The second kappa shape index (κ2) is 4.88. The third kappa shape index (κ3) is 2.67. The van der Waals surface area contributed by atoms with Gasteiger partial charge in [0.05, 0.1) is 18.2 Å². The van der Waals surface area contributed by atoms with E-state index in [1.807, 2.05) is 6.07 Å². The molecular formula is C15H20ClNO2. The molecule has 0 saturated carbocycles. The van der Waals surface area contributed by atoms with Crippen LogP contribution in [0.4, 0.5) is 0 Å². The molecule has 0 bridgehead atoms. The number of ether oxygens (including phenoxy) is 2. The van der Waals surface area contributed by atoms with Crippen LogP contribution in [0.3, 0.4) is 0 Å². The molecule has 1 unspecified atom stereocenters. The number of nitrogens with one attached hydrogen (secondary N) is 1. The summed E-state index contributed by atoms with van der Waals surface area (Å²) in [7, 11) is 0. The molecule has 2 heterocycles. The number of hydrogen-bond acceptors (Lipinski definition) is 3. The van der Waals surface area contributed by atoms with Gasteiger partial charge in [-0.15, -0.1) is 0 Å². The van der Waals surface area contributed by atoms with E-state index in [2.05, 4.69) is 25.2 Å². The molecule has 1 atom stereocenters. The second-order valence-electron chi connectivity index (χ2n) is 6.22. The summed E-state index contributed by atoms with van der Waals surface area (Å²) in [5, 5.41) is 4.14. The average molecular weight is 282 g/mol. The summed E-state index contributed by atoms with van der Waals surface area (Å²) in [6.07, 6.45) is 2.37.